The molecule has 4 heterocycles. The Kier molecular flexibility index (Phi) is 3.18. The van der Waals surface area contributed by atoms with Crippen LogP contribution in [0.1, 0.15) is 0 Å². The van der Waals surface area contributed by atoms with Crippen molar-refractivity contribution >= 4 is 22.9 Å². The summed E-state index contributed by atoms with van der Waals surface area (Å²) in [5.74, 6) is 1.09. The van der Waals surface area contributed by atoms with Crippen LogP contribution in [0.2, 0.25) is 0 Å². The molecular formula is C14H18N6O2. The molecule has 8 heteroatoms. The molecule has 2 aliphatic rings. The molecule has 2 saturated heterocycles. The molecular weight excluding hydrogens is 284 g/mol. The van der Waals surface area contributed by atoms with Crippen LogP contribution in [0.25, 0.3) is 11.2 Å². The van der Waals surface area contributed by atoms with Gasteiger partial charge in [0.25, 0.3) is 0 Å². The molecule has 0 N–H and O–H groups in total. The Morgan fingerprint density at radius 2 is 2.00 bits per heavy atom. The number of carbonyl (C=O) groups excluding carboxylic acids is 1. The van der Waals surface area contributed by atoms with Crippen molar-refractivity contribution < 1.29 is 9.53 Å². The van der Waals surface area contributed by atoms with Crippen LogP contribution in [0.5, 0.6) is 0 Å². The van der Waals surface area contributed by atoms with Crippen molar-refractivity contribution in [3.63, 3.8) is 0 Å². The molecule has 22 heavy (non-hydrogen) atoms. The molecule has 116 valence electrons. The molecule has 0 aliphatic carbocycles. The van der Waals surface area contributed by atoms with Gasteiger partial charge in [-0.25, -0.2) is 15.0 Å². The topological polar surface area (TPSA) is 76.4 Å². The number of aromatic nitrogens is 4. The fourth-order valence-corrected chi connectivity index (χ4v) is 3.01. The minimum atomic E-state index is 0.0480. The highest BCUT2D eigenvalue weighted by molar-refractivity contribution is 5.87. The van der Waals surface area contributed by atoms with Gasteiger partial charge < -0.3 is 19.1 Å². The van der Waals surface area contributed by atoms with Crippen molar-refractivity contribution in [2.24, 2.45) is 13.0 Å². The summed E-state index contributed by atoms with van der Waals surface area (Å²) in [7, 11) is 1.91. The standard InChI is InChI=1S/C14H18N6O2/c1-18-9-17-11-12(18)15-8-16-13(11)20-6-10(7-20)14(21)19-2-4-22-5-3-19/h8-10H,2-7H2,1H3. The summed E-state index contributed by atoms with van der Waals surface area (Å²) in [6, 6.07) is 0. The third kappa shape index (κ3) is 2.10. The van der Waals surface area contributed by atoms with Gasteiger partial charge in [-0.2, -0.15) is 0 Å². The number of anilines is 1. The van der Waals surface area contributed by atoms with Gasteiger partial charge in [-0.15, -0.1) is 0 Å². The Morgan fingerprint density at radius 1 is 1.23 bits per heavy atom. The summed E-state index contributed by atoms with van der Waals surface area (Å²) in [4.78, 5) is 29.4. The van der Waals surface area contributed by atoms with Gasteiger partial charge in [0.15, 0.2) is 17.0 Å². The van der Waals surface area contributed by atoms with Crippen LogP contribution in [-0.2, 0) is 16.6 Å². The number of hydrogen-bond acceptors (Lipinski definition) is 6. The van der Waals surface area contributed by atoms with Crippen LogP contribution < -0.4 is 4.90 Å². The minimum Gasteiger partial charge on any atom is -0.378 e. The number of ether oxygens (including phenoxy) is 1. The van der Waals surface area contributed by atoms with Gasteiger partial charge in [0.1, 0.15) is 6.33 Å². The fraction of sp³-hybridized carbons (Fsp3) is 0.571. The van der Waals surface area contributed by atoms with Crippen LogP contribution in [0, 0.1) is 5.92 Å². The third-order valence-corrected chi connectivity index (χ3v) is 4.33. The van der Waals surface area contributed by atoms with Gasteiger partial charge in [0.05, 0.1) is 25.5 Å². The molecule has 8 nitrogen and oxygen atoms in total. The van der Waals surface area contributed by atoms with E-state index in [9.17, 15) is 4.79 Å². The SMILES string of the molecule is Cn1cnc2c(N3CC(C(=O)N4CCOCC4)C3)ncnc21. The first-order valence-corrected chi connectivity index (χ1v) is 7.47. The van der Waals surface area contributed by atoms with E-state index in [-0.39, 0.29) is 11.8 Å². The molecule has 4 rings (SSSR count). The van der Waals surface area contributed by atoms with E-state index in [1.165, 1.54) is 0 Å². The molecule has 0 saturated carbocycles. The van der Waals surface area contributed by atoms with Crippen LogP contribution in [-0.4, -0.2) is 69.7 Å². The Labute approximate surface area is 127 Å². The molecule has 2 aromatic heterocycles. The van der Waals surface area contributed by atoms with Crippen molar-refractivity contribution in [1.29, 1.82) is 0 Å². The lowest BCUT2D eigenvalue weighted by Gasteiger charge is -2.41. The highest BCUT2D eigenvalue weighted by atomic mass is 16.5. The molecule has 0 aromatic carbocycles. The predicted molar refractivity (Wildman–Crippen MR) is 79.4 cm³/mol. The molecule has 2 fully saturated rings. The number of rotatable bonds is 2. The maximum atomic E-state index is 12.4. The summed E-state index contributed by atoms with van der Waals surface area (Å²) < 4.78 is 7.16. The zero-order valence-corrected chi connectivity index (χ0v) is 12.5. The van der Waals surface area contributed by atoms with Crippen LogP contribution in [0.15, 0.2) is 12.7 Å². The number of nitrogens with zero attached hydrogens (tertiary/aromatic N) is 6. The van der Waals surface area contributed by atoms with E-state index in [4.69, 9.17) is 4.74 Å². The van der Waals surface area contributed by atoms with E-state index in [0.717, 1.165) is 17.0 Å². The molecule has 0 radical (unpaired) electrons. The smallest absolute Gasteiger partial charge is 0.229 e. The van der Waals surface area contributed by atoms with E-state index in [0.29, 0.717) is 39.4 Å². The van der Waals surface area contributed by atoms with Crippen molar-refractivity contribution in [3.05, 3.63) is 12.7 Å². The van der Waals surface area contributed by atoms with Crippen molar-refractivity contribution in [1.82, 2.24) is 24.4 Å². The van der Waals surface area contributed by atoms with Crippen LogP contribution >= 0.6 is 0 Å². The van der Waals surface area contributed by atoms with Gasteiger partial charge >= 0.3 is 0 Å². The van der Waals surface area contributed by atoms with Crippen LogP contribution in [0.4, 0.5) is 5.82 Å². The summed E-state index contributed by atoms with van der Waals surface area (Å²) in [5.41, 5.74) is 1.61. The van der Waals surface area contributed by atoms with E-state index in [1.807, 2.05) is 16.5 Å². The predicted octanol–water partition coefficient (Wildman–Crippen LogP) is -0.342. The minimum absolute atomic E-state index is 0.0480. The second-order valence-corrected chi connectivity index (χ2v) is 5.76. The lowest BCUT2D eigenvalue weighted by Crippen LogP contribution is -2.56. The molecule has 0 atom stereocenters. The monoisotopic (exact) mass is 302 g/mol. The van der Waals surface area contributed by atoms with Gasteiger partial charge in [0.2, 0.25) is 5.91 Å². The van der Waals surface area contributed by atoms with Gasteiger partial charge in [0, 0.05) is 33.2 Å². The van der Waals surface area contributed by atoms with E-state index in [1.54, 1.807) is 12.7 Å². The maximum Gasteiger partial charge on any atom is 0.229 e. The quantitative estimate of drug-likeness (QED) is 0.755. The second kappa shape index (κ2) is 5.20. The molecule has 1 amide bonds. The normalized spacial score (nSPS) is 19.5. The first-order chi connectivity index (χ1) is 10.7. The van der Waals surface area contributed by atoms with Crippen molar-refractivity contribution in [3.8, 4) is 0 Å². The average molecular weight is 302 g/mol. The summed E-state index contributed by atoms with van der Waals surface area (Å²) in [5, 5.41) is 0. The van der Waals surface area contributed by atoms with E-state index >= 15 is 0 Å². The summed E-state index contributed by atoms with van der Waals surface area (Å²) >= 11 is 0. The lowest BCUT2D eigenvalue weighted by molar-refractivity contribution is -0.140. The maximum absolute atomic E-state index is 12.4. The number of amides is 1. The van der Waals surface area contributed by atoms with Gasteiger partial charge in [-0.1, -0.05) is 0 Å². The van der Waals surface area contributed by atoms with Gasteiger partial charge in [-0.05, 0) is 0 Å². The molecule has 0 spiro atoms. The largest absolute Gasteiger partial charge is 0.378 e. The Morgan fingerprint density at radius 3 is 2.77 bits per heavy atom. The number of carbonyl (C=O) groups is 1. The zero-order chi connectivity index (χ0) is 15.1. The fourth-order valence-electron chi connectivity index (χ4n) is 3.01. The van der Waals surface area contributed by atoms with E-state index in [2.05, 4.69) is 19.9 Å². The van der Waals surface area contributed by atoms with Crippen LogP contribution in [0.3, 0.4) is 0 Å². The first-order valence-electron chi connectivity index (χ1n) is 7.47. The number of hydrogen-bond donors (Lipinski definition) is 0. The van der Waals surface area contributed by atoms with Crippen molar-refractivity contribution in [2.75, 3.05) is 44.3 Å². The summed E-state index contributed by atoms with van der Waals surface area (Å²) in [6.07, 6.45) is 3.29. The zero-order valence-electron chi connectivity index (χ0n) is 12.5. The highest BCUT2D eigenvalue weighted by Gasteiger charge is 2.37. The third-order valence-electron chi connectivity index (χ3n) is 4.33. The molecule has 2 aliphatic heterocycles. The van der Waals surface area contributed by atoms with E-state index < -0.39 is 0 Å². The Bertz CT molecular complexity index is 702. The molecule has 0 bridgehead atoms. The number of aryl methyl sites for hydroxylation is 1. The molecule has 0 unspecified atom stereocenters. The summed E-state index contributed by atoms with van der Waals surface area (Å²) in [6.45, 7) is 4.07. The highest BCUT2D eigenvalue weighted by Crippen LogP contribution is 2.28. The van der Waals surface area contributed by atoms with Crippen molar-refractivity contribution in [2.45, 2.75) is 0 Å². The first kappa shape index (κ1) is 13.4. The average Bonchev–Trinajstić information content (AvgIpc) is 2.89. The number of fused-ring (bicyclic) bond motifs is 1. The number of morpholine rings is 1. The Balaban J connectivity index is 1.47. The lowest BCUT2D eigenvalue weighted by atomic mass is 9.98. The second-order valence-electron chi connectivity index (χ2n) is 5.76. The Hall–Kier alpha value is -2.22. The molecule has 2 aromatic rings. The number of imidazole rings is 1. The van der Waals surface area contributed by atoms with Gasteiger partial charge in [-0.3, -0.25) is 4.79 Å².